The molecule has 0 aromatic heterocycles. The van der Waals surface area contributed by atoms with Crippen molar-refractivity contribution in [2.75, 3.05) is 13.1 Å². The molecule has 5 N–H and O–H groups in total. The third-order valence-corrected chi connectivity index (χ3v) is 2.86. The van der Waals surface area contributed by atoms with Gasteiger partial charge in [-0.1, -0.05) is 12.8 Å². The Hall–Kier alpha value is -1.10. The summed E-state index contributed by atoms with van der Waals surface area (Å²) in [7, 11) is 0. The summed E-state index contributed by atoms with van der Waals surface area (Å²) in [6, 6.07) is 0. The topological polar surface area (TPSA) is 98.2 Å². The van der Waals surface area contributed by atoms with Gasteiger partial charge in [-0.2, -0.15) is 0 Å². The van der Waals surface area contributed by atoms with E-state index < -0.39 is 11.3 Å². The molecule has 0 aliphatic heterocycles. The summed E-state index contributed by atoms with van der Waals surface area (Å²) in [6.45, 7) is 0.248. The number of nitrogens with two attached hydrogens (primary N) is 2. The Bertz CT molecular complexity index is 234. The zero-order chi connectivity index (χ0) is 10.6. The van der Waals surface area contributed by atoms with Gasteiger partial charge >= 0.3 is 0 Å². The number of carbonyl (C=O) groups excluding carboxylic acids is 2. The molecule has 0 saturated heterocycles. The summed E-state index contributed by atoms with van der Waals surface area (Å²) in [4.78, 5) is 22.2. The number of rotatable bonds is 4. The lowest BCUT2D eigenvalue weighted by Crippen LogP contribution is -2.46. The van der Waals surface area contributed by atoms with Crippen LogP contribution in [-0.4, -0.2) is 24.9 Å². The van der Waals surface area contributed by atoms with E-state index in [1.165, 1.54) is 0 Å². The predicted molar refractivity (Wildman–Crippen MR) is 52.2 cm³/mol. The molecule has 0 heterocycles. The van der Waals surface area contributed by atoms with E-state index in [0.717, 1.165) is 25.7 Å². The predicted octanol–water partition coefficient (Wildman–Crippen LogP) is -0.893. The van der Waals surface area contributed by atoms with Crippen LogP contribution in [0.25, 0.3) is 0 Å². The fourth-order valence-electron chi connectivity index (χ4n) is 1.93. The first-order chi connectivity index (χ1) is 6.60. The Morgan fingerprint density at radius 3 is 2.29 bits per heavy atom. The van der Waals surface area contributed by atoms with Crippen molar-refractivity contribution in [3.05, 3.63) is 0 Å². The van der Waals surface area contributed by atoms with Gasteiger partial charge < -0.3 is 16.8 Å². The van der Waals surface area contributed by atoms with Gasteiger partial charge in [0.15, 0.2) is 0 Å². The van der Waals surface area contributed by atoms with Gasteiger partial charge in [0, 0.05) is 6.54 Å². The molecule has 0 unspecified atom stereocenters. The van der Waals surface area contributed by atoms with Crippen LogP contribution in [0.1, 0.15) is 25.7 Å². The fourth-order valence-corrected chi connectivity index (χ4v) is 1.93. The van der Waals surface area contributed by atoms with Crippen LogP contribution in [0.4, 0.5) is 0 Å². The summed E-state index contributed by atoms with van der Waals surface area (Å²) in [5, 5.41) is 2.52. The number of hydrogen-bond donors (Lipinski definition) is 3. The highest BCUT2D eigenvalue weighted by Gasteiger charge is 2.39. The van der Waals surface area contributed by atoms with Crippen LogP contribution in [0.15, 0.2) is 0 Å². The number of amides is 2. The third-order valence-electron chi connectivity index (χ3n) is 2.86. The van der Waals surface area contributed by atoms with Crippen molar-refractivity contribution in [1.29, 1.82) is 0 Å². The highest BCUT2D eigenvalue weighted by molar-refractivity contribution is 5.87. The lowest BCUT2D eigenvalue weighted by atomic mass is 9.85. The Labute approximate surface area is 83.2 Å². The zero-order valence-electron chi connectivity index (χ0n) is 8.21. The van der Waals surface area contributed by atoms with E-state index in [1.807, 2.05) is 0 Å². The van der Waals surface area contributed by atoms with E-state index in [-0.39, 0.29) is 12.5 Å². The first-order valence-electron chi connectivity index (χ1n) is 4.87. The molecule has 0 aromatic carbocycles. The van der Waals surface area contributed by atoms with Crippen molar-refractivity contribution in [3.63, 3.8) is 0 Å². The lowest BCUT2D eigenvalue weighted by molar-refractivity contribution is -0.132. The van der Waals surface area contributed by atoms with Crippen LogP contribution in [0.5, 0.6) is 0 Å². The van der Waals surface area contributed by atoms with Crippen molar-refractivity contribution >= 4 is 11.8 Å². The zero-order valence-corrected chi connectivity index (χ0v) is 8.21. The van der Waals surface area contributed by atoms with E-state index in [2.05, 4.69) is 5.32 Å². The van der Waals surface area contributed by atoms with E-state index >= 15 is 0 Å². The van der Waals surface area contributed by atoms with Crippen molar-refractivity contribution in [2.45, 2.75) is 25.7 Å². The SMILES string of the molecule is NCC1(C(=O)NCC(N)=O)CCCC1. The van der Waals surface area contributed by atoms with Gasteiger partial charge in [0.2, 0.25) is 11.8 Å². The quantitative estimate of drug-likeness (QED) is 0.547. The van der Waals surface area contributed by atoms with Crippen molar-refractivity contribution in [2.24, 2.45) is 16.9 Å². The minimum absolute atomic E-state index is 0.0966. The van der Waals surface area contributed by atoms with Crippen molar-refractivity contribution < 1.29 is 9.59 Å². The number of primary amides is 1. The minimum Gasteiger partial charge on any atom is -0.368 e. The molecule has 1 fully saturated rings. The van der Waals surface area contributed by atoms with Crippen LogP contribution in [0, 0.1) is 5.41 Å². The van der Waals surface area contributed by atoms with Crippen LogP contribution >= 0.6 is 0 Å². The fraction of sp³-hybridized carbons (Fsp3) is 0.778. The van der Waals surface area contributed by atoms with Crippen LogP contribution in [-0.2, 0) is 9.59 Å². The second-order valence-electron chi connectivity index (χ2n) is 3.84. The highest BCUT2D eigenvalue weighted by atomic mass is 16.2. The Morgan fingerprint density at radius 2 is 1.86 bits per heavy atom. The van der Waals surface area contributed by atoms with Crippen LogP contribution in [0.3, 0.4) is 0 Å². The number of carbonyl (C=O) groups is 2. The first-order valence-corrected chi connectivity index (χ1v) is 4.87. The average Bonchev–Trinajstić information content (AvgIpc) is 2.63. The molecule has 0 bridgehead atoms. The van der Waals surface area contributed by atoms with E-state index in [4.69, 9.17) is 11.5 Å². The maximum Gasteiger partial charge on any atom is 0.236 e. The molecule has 0 atom stereocenters. The molecular formula is C9H17N3O2. The molecule has 14 heavy (non-hydrogen) atoms. The molecular weight excluding hydrogens is 182 g/mol. The van der Waals surface area contributed by atoms with E-state index in [0.29, 0.717) is 6.54 Å². The molecule has 80 valence electrons. The summed E-state index contributed by atoms with van der Waals surface area (Å²) in [6.07, 6.45) is 3.69. The second kappa shape index (κ2) is 4.41. The molecule has 1 saturated carbocycles. The van der Waals surface area contributed by atoms with Gasteiger partial charge in [-0.3, -0.25) is 9.59 Å². The second-order valence-corrected chi connectivity index (χ2v) is 3.84. The maximum atomic E-state index is 11.7. The number of hydrogen-bond acceptors (Lipinski definition) is 3. The highest BCUT2D eigenvalue weighted by Crippen LogP contribution is 2.37. The minimum atomic E-state index is -0.525. The van der Waals surface area contributed by atoms with E-state index in [1.54, 1.807) is 0 Å². The molecule has 1 aliphatic rings. The van der Waals surface area contributed by atoms with Gasteiger partial charge in [-0.05, 0) is 12.8 Å². The molecule has 5 heteroatoms. The Morgan fingerprint density at radius 1 is 1.29 bits per heavy atom. The normalized spacial score (nSPS) is 19.2. The van der Waals surface area contributed by atoms with Gasteiger partial charge in [-0.15, -0.1) is 0 Å². The largest absolute Gasteiger partial charge is 0.368 e. The van der Waals surface area contributed by atoms with Gasteiger partial charge in [-0.25, -0.2) is 0 Å². The molecule has 0 radical (unpaired) electrons. The summed E-state index contributed by atoms with van der Waals surface area (Å²) in [5.41, 5.74) is 10.1. The standard InChI is InChI=1S/C9H17N3O2/c10-6-9(3-1-2-4-9)8(14)12-5-7(11)13/h1-6,10H2,(H2,11,13)(H,12,14). The van der Waals surface area contributed by atoms with Gasteiger partial charge in [0.1, 0.15) is 0 Å². The molecule has 2 amide bonds. The summed E-state index contributed by atoms with van der Waals surface area (Å²) < 4.78 is 0. The average molecular weight is 199 g/mol. The Balaban J connectivity index is 2.52. The van der Waals surface area contributed by atoms with Gasteiger partial charge in [0.25, 0.3) is 0 Å². The lowest BCUT2D eigenvalue weighted by Gasteiger charge is -2.25. The Kier molecular flexibility index (Phi) is 3.46. The maximum absolute atomic E-state index is 11.7. The first kappa shape index (κ1) is 11.0. The smallest absolute Gasteiger partial charge is 0.236 e. The van der Waals surface area contributed by atoms with Crippen molar-refractivity contribution in [3.8, 4) is 0 Å². The monoisotopic (exact) mass is 199 g/mol. The summed E-state index contributed by atoms with van der Waals surface area (Å²) >= 11 is 0. The number of nitrogens with one attached hydrogen (secondary N) is 1. The molecule has 0 aromatic rings. The molecule has 5 nitrogen and oxygen atoms in total. The van der Waals surface area contributed by atoms with Gasteiger partial charge in [0.05, 0.1) is 12.0 Å². The third kappa shape index (κ3) is 2.23. The van der Waals surface area contributed by atoms with Crippen molar-refractivity contribution in [1.82, 2.24) is 5.32 Å². The molecule has 1 aliphatic carbocycles. The molecule has 0 spiro atoms. The van der Waals surface area contributed by atoms with E-state index in [9.17, 15) is 9.59 Å². The van der Waals surface area contributed by atoms with Crippen LogP contribution in [0.2, 0.25) is 0 Å². The summed E-state index contributed by atoms with van der Waals surface area (Å²) in [5.74, 6) is -0.653. The molecule has 1 rings (SSSR count). The van der Waals surface area contributed by atoms with Crippen LogP contribution < -0.4 is 16.8 Å².